The fourth-order valence-corrected chi connectivity index (χ4v) is 1.87. The maximum Gasteiger partial charge on any atom is 0.305 e. The van der Waals surface area contributed by atoms with Gasteiger partial charge in [0.15, 0.2) is 0 Å². The first-order valence-corrected chi connectivity index (χ1v) is 6.11. The maximum atomic E-state index is 13.4. The second kappa shape index (κ2) is 5.68. The molecule has 0 fully saturated rings. The van der Waals surface area contributed by atoms with E-state index in [1.807, 2.05) is 19.9 Å². The highest BCUT2D eigenvalue weighted by Crippen LogP contribution is 2.23. The Kier molecular flexibility index (Phi) is 3.97. The Morgan fingerprint density at radius 3 is 2.80 bits per heavy atom. The highest BCUT2D eigenvalue weighted by Gasteiger charge is 2.14. The van der Waals surface area contributed by atoms with E-state index < -0.39 is 16.4 Å². The molecule has 0 aliphatic rings. The molecular weight excluding hydrogens is 265 g/mol. The molecule has 0 aliphatic heterocycles. The van der Waals surface area contributed by atoms with E-state index in [1.54, 1.807) is 4.68 Å². The van der Waals surface area contributed by atoms with Crippen LogP contribution in [-0.4, -0.2) is 14.7 Å². The summed E-state index contributed by atoms with van der Waals surface area (Å²) in [7, 11) is 0. The summed E-state index contributed by atoms with van der Waals surface area (Å²) in [6.45, 7) is 4.77. The molecule has 0 atom stereocenters. The minimum absolute atomic E-state index is 0.228. The Morgan fingerprint density at radius 2 is 2.20 bits per heavy atom. The molecule has 0 unspecified atom stereocenters. The molecule has 6 nitrogen and oxygen atoms in total. The van der Waals surface area contributed by atoms with Crippen molar-refractivity contribution < 1.29 is 14.1 Å². The van der Waals surface area contributed by atoms with Gasteiger partial charge in [-0.05, 0) is 26.0 Å². The minimum Gasteiger partial charge on any atom is -0.487 e. The first-order valence-electron chi connectivity index (χ1n) is 6.11. The summed E-state index contributed by atoms with van der Waals surface area (Å²) < 4.78 is 20.7. The monoisotopic (exact) mass is 279 g/mol. The minimum atomic E-state index is -0.910. The van der Waals surface area contributed by atoms with Gasteiger partial charge in [-0.25, -0.2) is 0 Å². The molecule has 2 rings (SSSR count). The third kappa shape index (κ3) is 2.93. The van der Waals surface area contributed by atoms with Crippen LogP contribution >= 0.6 is 0 Å². The fraction of sp³-hybridized carbons (Fsp3) is 0.308. The molecule has 1 heterocycles. The quantitative estimate of drug-likeness (QED) is 0.623. The number of aromatic nitrogens is 2. The van der Waals surface area contributed by atoms with Gasteiger partial charge in [0.25, 0.3) is 0 Å². The number of nitrogens with zero attached hydrogens (tertiary/aromatic N) is 3. The molecular formula is C13H14FN3O3. The largest absolute Gasteiger partial charge is 0.487 e. The third-order valence-corrected chi connectivity index (χ3v) is 2.79. The van der Waals surface area contributed by atoms with Crippen molar-refractivity contribution in [1.29, 1.82) is 0 Å². The van der Waals surface area contributed by atoms with Crippen LogP contribution in [0, 0.1) is 22.9 Å². The number of benzene rings is 1. The molecule has 1 aromatic carbocycles. The number of hydrogen-bond acceptors (Lipinski definition) is 4. The number of nitro benzene ring substituents is 1. The number of rotatable bonds is 5. The molecule has 0 radical (unpaired) electrons. The van der Waals surface area contributed by atoms with Crippen molar-refractivity contribution in [3.8, 4) is 5.75 Å². The normalized spacial score (nSPS) is 10.6. The van der Waals surface area contributed by atoms with E-state index >= 15 is 0 Å². The molecule has 0 bridgehead atoms. The van der Waals surface area contributed by atoms with E-state index in [2.05, 4.69) is 5.10 Å². The number of halogens is 1. The van der Waals surface area contributed by atoms with Gasteiger partial charge in [-0.2, -0.15) is 9.49 Å². The molecule has 106 valence electrons. The lowest BCUT2D eigenvalue weighted by atomic mass is 10.3. The van der Waals surface area contributed by atoms with Crippen LogP contribution in [0.3, 0.4) is 0 Å². The average Bonchev–Trinajstić information content (AvgIpc) is 2.76. The average molecular weight is 279 g/mol. The lowest BCUT2D eigenvalue weighted by Gasteiger charge is -2.07. The Hall–Kier alpha value is -2.44. The predicted octanol–water partition coefficient (Wildman–Crippen LogP) is 2.84. The van der Waals surface area contributed by atoms with Gasteiger partial charge in [0.1, 0.15) is 12.4 Å². The molecule has 0 aliphatic carbocycles. The highest BCUT2D eigenvalue weighted by molar-refractivity contribution is 5.38. The SMILES string of the molecule is CCn1nc(C)cc1COc1ccc([N+](=O)[O-])c(F)c1. The van der Waals surface area contributed by atoms with Gasteiger partial charge in [-0.3, -0.25) is 14.8 Å². The van der Waals surface area contributed by atoms with Crippen LogP contribution in [-0.2, 0) is 13.2 Å². The Morgan fingerprint density at radius 1 is 1.45 bits per heavy atom. The van der Waals surface area contributed by atoms with E-state index in [0.717, 1.165) is 23.5 Å². The molecule has 0 N–H and O–H groups in total. The lowest BCUT2D eigenvalue weighted by molar-refractivity contribution is -0.387. The summed E-state index contributed by atoms with van der Waals surface area (Å²) in [6.07, 6.45) is 0. The van der Waals surface area contributed by atoms with Crippen molar-refractivity contribution in [3.63, 3.8) is 0 Å². The van der Waals surface area contributed by atoms with Crippen LogP contribution in [0.1, 0.15) is 18.3 Å². The van der Waals surface area contributed by atoms with Crippen LogP contribution in [0.25, 0.3) is 0 Å². The van der Waals surface area contributed by atoms with Crippen molar-refractivity contribution in [1.82, 2.24) is 9.78 Å². The lowest BCUT2D eigenvalue weighted by Crippen LogP contribution is -2.06. The molecule has 0 amide bonds. The van der Waals surface area contributed by atoms with Gasteiger partial charge < -0.3 is 4.74 Å². The molecule has 2 aromatic rings. The van der Waals surface area contributed by atoms with Crippen LogP contribution in [0.2, 0.25) is 0 Å². The molecule has 20 heavy (non-hydrogen) atoms. The van der Waals surface area contributed by atoms with E-state index in [4.69, 9.17) is 4.74 Å². The van der Waals surface area contributed by atoms with Gasteiger partial charge in [0, 0.05) is 18.7 Å². The second-order valence-corrected chi connectivity index (χ2v) is 4.25. The molecule has 0 spiro atoms. The predicted molar refractivity (Wildman–Crippen MR) is 70.0 cm³/mol. The van der Waals surface area contributed by atoms with Gasteiger partial charge in [0.2, 0.25) is 5.82 Å². The summed E-state index contributed by atoms with van der Waals surface area (Å²) in [5.74, 6) is -0.665. The van der Waals surface area contributed by atoms with Crippen LogP contribution in [0.4, 0.5) is 10.1 Å². The number of aryl methyl sites for hydroxylation is 2. The van der Waals surface area contributed by atoms with Crippen LogP contribution in [0.15, 0.2) is 24.3 Å². The van der Waals surface area contributed by atoms with Gasteiger partial charge >= 0.3 is 5.69 Å². The van der Waals surface area contributed by atoms with Crippen molar-refractivity contribution in [2.24, 2.45) is 0 Å². The Bertz CT molecular complexity index is 640. The summed E-state index contributed by atoms with van der Waals surface area (Å²) in [5.41, 5.74) is 1.18. The third-order valence-electron chi connectivity index (χ3n) is 2.79. The summed E-state index contributed by atoms with van der Waals surface area (Å²) in [4.78, 5) is 9.74. The van der Waals surface area contributed by atoms with Crippen molar-refractivity contribution in [2.75, 3.05) is 0 Å². The zero-order chi connectivity index (χ0) is 14.7. The summed E-state index contributed by atoms with van der Waals surface area (Å²) in [5, 5.41) is 14.8. The molecule has 0 saturated heterocycles. The van der Waals surface area contributed by atoms with Crippen molar-refractivity contribution >= 4 is 5.69 Å². The van der Waals surface area contributed by atoms with E-state index in [-0.39, 0.29) is 12.4 Å². The van der Waals surface area contributed by atoms with E-state index in [9.17, 15) is 14.5 Å². The van der Waals surface area contributed by atoms with Gasteiger partial charge in [-0.15, -0.1) is 0 Å². The van der Waals surface area contributed by atoms with Crippen molar-refractivity contribution in [2.45, 2.75) is 27.0 Å². The molecule has 7 heteroatoms. The van der Waals surface area contributed by atoms with Crippen LogP contribution < -0.4 is 4.74 Å². The van der Waals surface area contributed by atoms with Crippen molar-refractivity contribution in [3.05, 3.63) is 51.6 Å². The molecule has 0 saturated carbocycles. The number of ether oxygens (including phenoxy) is 1. The van der Waals surface area contributed by atoms with E-state index in [0.29, 0.717) is 6.54 Å². The zero-order valence-corrected chi connectivity index (χ0v) is 11.2. The van der Waals surface area contributed by atoms with Crippen LogP contribution in [0.5, 0.6) is 5.75 Å². The topological polar surface area (TPSA) is 70.2 Å². The van der Waals surface area contributed by atoms with E-state index in [1.165, 1.54) is 6.07 Å². The number of hydrogen-bond donors (Lipinski definition) is 0. The zero-order valence-electron chi connectivity index (χ0n) is 11.2. The molecule has 1 aromatic heterocycles. The smallest absolute Gasteiger partial charge is 0.305 e. The highest BCUT2D eigenvalue weighted by atomic mass is 19.1. The summed E-state index contributed by atoms with van der Waals surface area (Å²) in [6, 6.07) is 5.36. The first kappa shape index (κ1) is 14.0. The Balaban J connectivity index is 2.11. The van der Waals surface area contributed by atoms with Gasteiger partial charge in [-0.1, -0.05) is 0 Å². The number of nitro groups is 1. The Labute approximate surface area is 114 Å². The maximum absolute atomic E-state index is 13.4. The second-order valence-electron chi connectivity index (χ2n) is 4.25. The standard InChI is InChI=1S/C13H14FN3O3/c1-3-16-10(6-9(2)15-16)8-20-11-4-5-13(17(18)19)12(14)7-11/h4-7H,3,8H2,1-2H3. The van der Waals surface area contributed by atoms with Gasteiger partial charge in [0.05, 0.1) is 16.3 Å². The summed E-state index contributed by atoms with van der Waals surface area (Å²) >= 11 is 0. The first-order chi connectivity index (χ1) is 9.51. The fourth-order valence-electron chi connectivity index (χ4n) is 1.87.